The predicted molar refractivity (Wildman–Crippen MR) is 89.9 cm³/mol. The summed E-state index contributed by atoms with van der Waals surface area (Å²) in [6.45, 7) is 2.19. The van der Waals surface area contributed by atoms with Crippen molar-refractivity contribution in [2.75, 3.05) is 53.0 Å². The third-order valence-electron chi connectivity index (χ3n) is 2.91. The van der Waals surface area contributed by atoms with Gasteiger partial charge in [0.05, 0.1) is 65.2 Å². The van der Waals surface area contributed by atoms with Crippen molar-refractivity contribution in [2.24, 2.45) is 0 Å². The summed E-state index contributed by atoms with van der Waals surface area (Å²) in [5, 5.41) is 0. The van der Waals surface area contributed by atoms with Gasteiger partial charge in [0, 0.05) is 0 Å². The van der Waals surface area contributed by atoms with Crippen molar-refractivity contribution in [1.29, 1.82) is 0 Å². The maximum Gasteiger partial charge on any atom is 0.337 e. The topological polar surface area (TPSA) is 97.4 Å². The van der Waals surface area contributed by atoms with Gasteiger partial charge in [-0.2, -0.15) is 8.42 Å². The molecule has 1 aromatic rings. The van der Waals surface area contributed by atoms with Crippen LogP contribution in [0.3, 0.4) is 0 Å². The molecule has 0 spiro atoms. The Bertz CT molecular complexity index is 597. The predicted octanol–water partition coefficient (Wildman–Crippen LogP) is 0.999. The van der Waals surface area contributed by atoms with Gasteiger partial charge in [0.25, 0.3) is 10.1 Å². The Kier molecular flexibility index (Phi) is 10.3. The zero-order valence-electron chi connectivity index (χ0n) is 14.4. The number of methoxy groups -OCH3 is 1. The maximum atomic E-state index is 11.3. The molecule has 0 heterocycles. The molecule has 0 bridgehead atoms. The van der Waals surface area contributed by atoms with E-state index in [4.69, 9.17) is 14.2 Å². The normalized spacial score (nSPS) is 11.4. The van der Waals surface area contributed by atoms with Gasteiger partial charge in [0.2, 0.25) is 0 Å². The fraction of sp³-hybridized carbons (Fsp3) is 0.562. The van der Waals surface area contributed by atoms with Crippen molar-refractivity contribution in [1.82, 2.24) is 0 Å². The Morgan fingerprint density at radius 1 is 0.880 bits per heavy atom. The molecule has 8 nitrogen and oxygen atoms in total. The van der Waals surface area contributed by atoms with Crippen LogP contribution < -0.4 is 0 Å². The number of hydrogen-bond donors (Lipinski definition) is 0. The highest BCUT2D eigenvalue weighted by Crippen LogP contribution is 2.06. The molecule has 142 valence electrons. The lowest BCUT2D eigenvalue weighted by Crippen LogP contribution is -2.13. The van der Waals surface area contributed by atoms with Crippen LogP contribution in [0.2, 0.25) is 0 Å². The highest BCUT2D eigenvalue weighted by Gasteiger charge is 2.04. The Balaban J connectivity index is 1.97. The van der Waals surface area contributed by atoms with E-state index in [1.165, 1.54) is 7.11 Å². The number of carbonyl (C=O) groups is 1. The molecular weight excluding hydrogens is 352 g/mol. The van der Waals surface area contributed by atoms with Gasteiger partial charge in [-0.15, -0.1) is 0 Å². The molecule has 0 amide bonds. The van der Waals surface area contributed by atoms with E-state index in [2.05, 4.69) is 8.92 Å². The van der Waals surface area contributed by atoms with Crippen LogP contribution in [0.1, 0.15) is 15.9 Å². The Labute approximate surface area is 148 Å². The number of rotatable bonds is 13. The smallest absolute Gasteiger partial charge is 0.337 e. The molecule has 0 saturated heterocycles. The number of carbonyl (C=O) groups excluding carboxylic acids is 1. The summed E-state index contributed by atoms with van der Waals surface area (Å²) < 4.78 is 46.5. The van der Waals surface area contributed by atoms with Gasteiger partial charge < -0.3 is 18.9 Å². The number of ether oxygens (including phenoxy) is 4. The molecule has 0 aliphatic heterocycles. The zero-order valence-corrected chi connectivity index (χ0v) is 15.2. The molecule has 0 radical (unpaired) electrons. The average molecular weight is 376 g/mol. The van der Waals surface area contributed by atoms with Crippen LogP contribution in [0, 0.1) is 0 Å². The molecule has 0 N–H and O–H groups in total. The lowest BCUT2D eigenvalue weighted by atomic mass is 10.1. The van der Waals surface area contributed by atoms with Crippen molar-refractivity contribution in [2.45, 2.75) is 6.61 Å². The van der Waals surface area contributed by atoms with Crippen molar-refractivity contribution in [3.8, 4) is 0 Å². The Morgan fingerprint density at radius 2 is 1.40 bits per heavy atom. The summed E-state index contributed by atoms with van der Waals surface area (Å²) in [6.07, 6.45) is 0.990. The molecule has 0 fully saturated rings. The van der Waals surface area contributed by atoms with Gasteiger partial charge in [0.15, 0.2) is 0 Å². The van der Waals surface area contributed by atoms with E-state index in [9.17, 15) is 13.2 Å². The Morgan fingerprint density at radius 3 is 1.92 bits per heavy atom. The quantitative estimate of drug-likeness (QED) is 0.286. The fourth-order valence-electron chi connectivity index (χ4n) is 1.73. The molecular formula is C16H24O8S. The zero-order chi connectivity index (χ0) is 18.5. The number of hydrogen-bond acceptors (Lipinski definition) is 8. The maximum absolute atomic E-state index is 11.3. The third kappa shape index (κ3) is 10.8. The van der Waals surface area contributed by atoms with E-state index in [1.807, 2.05) is 0 Å². The van der Waals surface area contributed by atoms with Crippen LogP contribution in [0.4, 0.5) is 0 Å². The third-order valence-corrected chi connectivity index (χ3v) is 3.51. The summed E-state index contributed by atoms with van der Waals surface area (Å²) in [5.74, 6) is -0.369. The summed E-state index contributed by atoms with van der Waals surface area (Å²) in [6, 6.07) is 6.98. The molecule has 9 heteroatoms. The summed E-state index contributed by atoms with van der Waals surface area (Å²) in [7, 11) is -2.07. The largest absolute Gasteiger partial charge is 0.465 e. The number of esters is 1. The molecule has 1 aromatic carbocycles. The minimum Gasteiger partial charge on any atom is -0.465 e. The second kappa shape index (κ2) is 11.9. The molecule has 0 aromatic heterocycles. The summed E-state index contributed by atoms with van der Waals surface area (Å²) in [5.41, 5.74) is 1.44. The van der Waals surface area contributed by atoms with E-state index in [-0.39, 0.29) is 19.2 Å². The minimum atomic E-state index is -3.41. The molecule has 0 aliphatic rings. The van der Waals surface area contributed by atoms with Gasteiger partial charge in [0.1, 0.15) is 0 Å². The highest BCUT2D eigenvalue weighted by atomic mass is 32.2. The van der Waals surface area contributed by atoms with Gasteiger partial charge in [-0.25, -0.2) is 4.79 Å². The van der Waals surface area contributed by atoms with Crippen LogP contribution >= 0.6 is 0 Å². The van der Waals surface area contributed by atoms with Crippen LogP contribution in [0.5, 0.6) is 0 Å². The first-order valence-corrected chi connectivity index (χ1v) is 9.49. The monoisotopic (exact) mass is 376 g/mol. The van der Waals surface area contributed by atoms with Crippen molar-refractivity contribution >= 4 is 16.1 Å². The average Bonchev–Trinajstić information content (AvgIpc) is 2.58. The summed E-state index contributed by atoms with van der Waals surface area (Å²) in [4.78, 5) is 11.3. The van der Waals surface area contributed by atoms with E-state index in [0.29, 0.717) is 38.6 Å². The van der Waals surface area contributed by atoms with Crippen molar-refractivity contribution in [3.05, 3.63) is 35.4 Å². The second-order valence-electron chi connectivity index (χ2n) is 4.99. The molecule has 0 atom stereocenters. The second-order valence-corrected chi connectivity index (χ2v) is 6.64. The van der Waals surface area contributed by atoms with E-state index < -0.39 is 10.1 Å². The van der Waals surface area contributed by atoms with E-state index in [0.717, 1.165) is 11.8 Å². The van der Waals surface area contributed by atoms with Gasteiger partial charge in [-0.1, -0.05) is 12.1 Å². The van der Waals surface area contributed by atoms with Crippen LogP contribution in [0.25, 0.3) is 0 Å². The molecule has 1 rings (SSSR count). The lowest BCUT2D eigenvalue weighted by molar-refractivity contribution is 0.00632. The van der Waals surface area contributed by atoms with E-state index in [1.54, 1.807) is 24.3 Å². The van der Waals surface area contributed by atoms with Crippen LogP contribution in [0.15, 0.2) is 24.3 Å². The first kappa shape index (κ1) is 21.5. The highest BCUT2D eigenvalue weighted by molar-refractivity contribution is 7.85. The molecule has 0 aliphatic carbocycles. The van der Waals surface area contributed by atoms with E-state index >= 15 is 0 Å². The van der Waals surface area contributed by atoms with Crippen molar-refractivity contribution < 1.29 is 36.3 Å². The lowest BCUT2D eigenvalue weighted by Gasteiger charge is -2.07. The van der Waals surface area contributed by atoms with Gasteiger partial charge in [-0.3, -0.25) is 4.18 Å². The van der Waals surface area contributed by atoms with Gasteiger partial charge >= 0.3 is 5.97 Å². The van der Waals surface area contributed by atoms with Crippen molar-refractivity contribution in [3.63, 3.8) is 0 Å². The molecule has 0 saturated carbocycles. The van der Waals surface area contributed by atoms with Crippen LogP contribution in [-0.2, 0) is 39.9 Å². The van der Waals surface area contributed by atoms with Gasteiger partial charge in [-0.05, 0) is 17.7 Å². The molecule has 25 heavy (non-hydrogen) atoms. The summed E-state index contributed by atoms with van der Waals surface area (Å²) >= 11 is 0. The standard InChI is InChI=1S/C16H24O8S/c1-20-16(17)15-5-3-14(4-6-15)13-23-10-9-21-7-8-22-11-12-24-25(2,18)19/h3-6H,7-13H2,1-2H3. The Hall–Kier alpha value is -1.52. The molecule has 0 unspecified atom stereocenters. The number of benzene rings is 1. The first-order chi connectivity index (χ1) is 11.9. The first-order valence-electron chi connectivity index (χ1n) is 7.67. The SMILES string of the molecule is COC(=O)c1ccc(COCCOCCOCCOS(C)(=O)=O)cc1. The fourth-order valence-corrected chi connectivity index (χ4v) is 2.10. The minimum absolute atomic E-state index is 0.00326. The van der Waals surface area contributed by atoms with Crippen LogP contribution in [-0.4, -0.2) is 67.4 Å².